The van der Waals surface area contributed by atoms with Gasteiger partial charge in [-0.3, -0.25) is 9.59 Å². The zero-order chi connectivity index (χ0) is 23.2. The number of rotatable bonds is 9. The largest absolute Gasteiger partial charge is 0.496 e. The molecule has 2 aromatic carbocycles. The lowest BCUT2D eigenvalue weighted by Gasteiger charge is -2.15. The maximum atomic E-state index is 12.6. The van der Waals surface area contributed by atoms with Crippen molar-refractivity contribution in [1.29, 1.82) is 0 Å². The first-order valence-electron chi connectivity index (χ1n) is 9.85. The molecular weight excluding hydrogens is 418 g/mol. The smallest absolute Gasteiger partial charge is 0.253 e. The quantitative estimate of drug-likeness (QED) is 0.615. The molecule has 2 aromatic rings. The van der Waals surface area contributed by atoms with E-state index in [0.717, 1.165) is 4.31 Å². The van der Waals surface area contributed by atoms with E-state index in [-0.39, 0.29) is 35.6 Å². The summed E-state index contributed by atoms with van der Waals surface area (Å²) < 4.78 is 31.3. The van der Waals surface area contributed by atoms with E-state index in [2.05, 4.69) is 10.6 Å². The molecule has 0 fully saturated rings. The molecule has 2 rings (SSSR count). The van der Waals surface area contributed by atoms with Crippen LogP contribution in [-0.4, -0.2) is 51.8 Å². The Balaban J connectivity index is 2.16. The van der Waals surface area contributed by atoms with Gasteiger partial charge in [0.05, 0.1) is 23.3 Å². The van der Waals surface area contributed by atoms with E-state index in [1.54, 1.807) is 30.3 Å². The van der Waals surface area contributed by atoms with Crippen molar-refractivity contribution in [2.45, 2.75) is 37.6 Å². The number of methoxy groups -OCH3 is 1. The van der Waals surface area contributed by atoms with Crippen LogP contribution in [0.4, 0.5) is 5.69 Å². The molecule has 0 atom stereocenters. The molecule has 0 aromatic heterocycles. The minimum Gasteiger partial charge on any atom is -0.496 e. The number of benzene rings is 2. The molecule has 2 amide bonds. The van der Waals surface area contributed by atoms with Crippen LogP contribution in [0.1, 0.15) is 36.2 Å². The van der Waals surface area contributed by atoms with Crippen molar-refractivity contribution in [2.24, 2.45) is 0 Å². The minimum atomic E-state index is -3.60. The van der Waals surface area contributed by atoms with Crippen molar-refractivity contribution in [2.75, 3.05) is 26.5 Å². The Morgan fingerprint density at radius 3 is 2.39 bits per heavy atom. The summed E-state index contributed by atoms with van der Waals surface area (Å²) in [6.07, 6.45) is 0.355. The molecule has 9 heteroatoms. The maximum Gasteiger partial charge on any atom is 0.253 e. The summed E-state index contributed by atoms with van der Waals surface area (Å²) in [6.45, 7) is 3.72. The number of anilines is 1. The number of nitrogens with one attached hydrogen (secondary N) is 2. The molecule has 0 aliphatic carbocycles. The Morgan fingerprint density at radius 2 is 1.77 bits per heavy atom. The van der Waals surface area contributed by atoms with Crippen molar-refractivity contribution < 1.29 is 22.7 Å². The van der Waals surface area contributed by atoms with E-state index in [1.165, 1.54) is 33.3 Å². The van der Waals surface area contributed by atoms with Gasteiger partial charge in [-0.05, 0) is 56.2 Å². The molecule has 0 aliphatic heterocycles. The second-order valence-corrected chi connectivity index (χ2v) is 9.63. The molecule has 0 bridgehead atoms. The second kappa shape index (κ2) is 10.4. The van der Waals surface area contributed by atoms with Crippen LogP contribution >= 0.6 is 0 Å². The zero-order valence-electron chi connectivity index (χ0n) is 18.4. The van der Waals surface area contributed by atoms with E-state index < -0.39 is 10.0 Å². The Kier molecular flexibility index (Phi) is 8.18. The number of hydrogen-bond acceptors (Lipinski definition) is 5. The molecular formula is C22H29N3O5S. The van der Waals surface area contributed by atoms with E-state index in [1.807, 2.05) is 13.8 Å². The number of amides is 2. The first kappa shape index (κ1) is 24.4. The van der Waals surface area contributed by atoms with Gasteiger partial charge in [0.25, 0.3) is 5.91 Å². The highest BCUT2D eigenvalue weighted by molar-refractivity contribution is 7.89. The summed E-state index contributed by atoms with van der Waals surface area (Å²) in [6, 6.07) is 11.3. The highest BCUT2D eigenvalue weighted by atomic mass is 32.2. The monoisotopic (exact) mass is 447 g/mol. The molecule has 31 heavy (non-hydrogen) atoms. The van der Waals surface area contributed by atoms with Crippen molar-refractivity contribution in [1.82, 2.24) is 9.62 Å². The third kappa shape index (κ3) is 6.28. The Hall–Kier alpha value is -2.91. The normalized spacial score (nSPS) is 11.5. The van der Waals surface area contributed by atoms with Crippen molar-refractivity contribution in [3.63, 3.8) is 0 Å². The number of carbonyl (C=O) groups excluding carboxylic acids is 2. The molecule has 0 saturated heterocycles. The van der Waals surface area contributed by atoms with Crippen LogP contribution in [0, 0.1) is 0 Å². The predicted octanol–water partition coefficient (Wildman–Crippen LogP) is 2.66. The molecule has 0 aliphatic rings. The van der Waals surface area contributed by atoms with Gasteiger partial charge < -0.3 is 15.4 Å². The number of hydrogen-bond donors (Lipinski definition) is 2. The molecule has 0 unspecified atom stereocenters. The Bertz CT molecular complexity index is 1050. The van der Waals surface area contributed by atoms with E-state index in [4.69, 9.17) is 4.74 Å². The average molecular weight is 448 g/mol. The fourth-order valence-corrected chi connectivity index (χ4v) is 3.87. The molecule has 0 heterocycles. The van der Waals surface area contributed by atoms with Crippen LogP contribution < -0.4 is 15.4 Å². The summed E-state index contributed by atoms with van der Waals surface area (Å²) in [7, 11) is 0.801. The summed E-state index contributed by atoms with van der Waals surface area (Å²) in [5.41, 5.74) is 1.40. The van der Waals surface area contributed by atoms with Crippen LogP contribution in [-0.2, 0) is 21.2 Å². The van der Waals surface area contributed by atoms with E-state index in [9.17, 15) is 18.0 Å². The summed E-state index contributed by atoms with van der Waals surface area (Å²) >= 11 is 0. The van der Waals surface area contributed by atoms with Gasteiger partial charge in [0.2, 0.25) is 15.9 Å². The molecule has 2 N–H and O–H groups in total. The van der Waals surface area contributed by atoms with Gasteiger partial charge >= 0.3 is 0 Å². The van der Waals surface area contributed by atoms with Gasteiger partial charge in [-0.2, -0.15) is 0 Å². The molecule has 0 radical (unpaired) electrons. The lowest BCUT2D eigenvalue weighted by Crippen LogP contribution is -2.31. The zero-order valence-corrected chi connectivity index (χ0v) is 19.2. The molecule has 0 spiro atoms. The van der Waals surface area contributed by atoms with Crippen molar-refractivity contribution >= 4 is 27.5 Å². The molecule has 168 valence electrons. The summed E-state index contributed by atoms with van der Waals surface area (Å²) in [5.74, 6) is -0.0656. The first-order chi connectivity index (χ1) is 14.6. The first-order valence-corrected chi connectivity index (χ1v) is 11.3. The van der Waals surface area contributed by atoms with Gasteiger partial charge in [-0.1, -0.05) is 12.1 Å². The SMILES string of the molecule is COc1ccc(S(=O)(=O)N(C)C)cc1CCC(=O)Nc1ccccc1C(=O)NC(C)C. The summed E-state index contributed by atoms with van der Waals surface area (Å²) in [4.78, 5) is 25.1. The van der Waals surface area contributed by atoms with Crippen LogP contribution in [0.15, 0.2) is 47.4 Å². The van der Waals surface area contributed by atoms with Crippen molar-refractivity contribution in [3.8, 4) is 5.75 Å². The van der Waals surface area contributed by atoms with Gasteiger partial charge in [0.15, 0.2) is 0 Å². The number of nitrogens with zero attached hydrogens (tertiary/aromatic N) is 1. The summed E-state index contributed by atoms with van der Waals surface area (Å²) in [5, 5.41) is 5.58. The predicted molar refractivity (Wildman–Crippen MR) is 120 cm³/mol. The number of aryl methyl sites for hydroxylation is 1. The van der Waals surface area contributed by atoms with Gasteiger partial charge in [0.1, 0.15) is 5.75 Å². The Morgan fingerprint density at radius 1 is 1.10 bits per heavy atom. The van der Waals surface area contributed by atoms with Gasteiger partial charge in [-0.15, -0.1) is 0 Å². The minimum absolute atomic E-state index is 0.0329. The second-order valence-electron chi connectivity index (χ2n) is 7.48. The van der Waals surface area contributed by atoms with Crippen LogP contribution in [0.25, 0.3) is 0 Å². The van der Waals surface area contributed by atoms with E-state index in [0.29, 0.717) is 22.6 Å². The van der Waals surface area contributed by atoms with Crippen LogP contribution in [0.5, 0.6) is 5.75 Å². The highest BCUT2D eigenvalue weighted by Crippen LogP contribution is 2.25. The fraction of sp³-hybridized carbons (Fsp3) is 0.364. The number of ether oxygens (including phenoxy) is 1. The molecule has 0 saturated carbocycles. The topological polar surface area (TPSA) is 105 Å². The lowest BCUT2D eigenvalue weighted by molar-refractivity contribution is -0.116. The van der Waals surface area contributed by atoms with Crippen molar-refractivity contribution in [3.05, 3.63) is 53.6 Å². The lowest BCUT2D eigenvalue weighted by atomic mass is 10.1. The van der Waals surface area contributed by atoms with Crippen LogP contribution in [0.3, 0.4) is 0 Å². The Labute approximate surface area is 183 Å². The molecule has 8 nitrogen and oxygen atoms in total. The highest BCUT2D eigenvalue weighted by Gasteiger charge is 2.20. The fourth-order valence-electron chi connectivity index (χ4n) is 2.91. The standard InChI is InChI=1S/C22H29N3O5S/c1-15(2)23-22(27)18-8-6-7-9-19(18)24-21(26)13-10-16-14-17(11-12-20(16)30-5)31(28,29)25(3)4/h6-9,11-12,14-15H,10,13H2,1-5H3,(H,23,27)(H,24,26). The van der Waals surface area contributed by atoms with Gasteiger partial charge in [0, 0.05) is 26.6 Å². The number of para-hydroxylation sites is 1. The third-order valence-electron chi connectivity index (χ3n) is 4.52. The average Bonchev–Trinajstić information content (AvgIpc) is 2.71. The third-order valence-corrected chi connectivity index (χ3v) is 6.33. The van der Waals surface area contributed by atoms with Gasteiger partial charge in [-0.25, -0.2) is 12.7 Å². The van der Waals surface area contributed by atoms with E-state index >= 15 is 0 Å². The number of sulfonamides is 1. The number of carbonyl (C=O) groups is 2. The maximum absolute atomic E-state index is 12.6. The van der Waals surface area contributed by atoms with Crippen LogP contribution in [0.2, 0.25) is 0 Å².